The number of aliphatic hydroxyl groups is 1. The second kappa shape index (κ2) is 4.43. The molecule has 0 bridgehead atoms. The summed E-state index contributed by atoms with van der Waals surface area (Å²) in [5.41, 5.74) is 0. The summed E-state index contributed by atoms with van der Waals surface area (Å²) in [6.07, 6.45) is 7.66. The molecule has 13 heavy (non-hydrogen) atoms. The van der Waals surface area contributed by atoms with Gasteiger partial charge in [0.15, 0.2) is 0 Å². The van der Waals surface area contributed by atoms with E-state index in [-0.39, 0.29) is 6.10 Å². The van der Waals surface area contributed by atoms with Crippen molar-refractivity contribution in [1.82, 2.24) is 4.90 Å². The summed E-state index contributed by atoms with van der Waals surface area (Å²) in [6, 6.07) is 0. The number of hydrogen-bond donors (Lipinski definition) is 1. The Morgan fingerprint density at radius 2 is 1.77 bits per heavy atom. The van der Waals surface area contributed by atoms with Gasteiger partial charge in [-0.25, -0.2) is 0 Å². The first-order chi connectivity index (χ1) is 6.36. The largest absolute Gasteiger partial charge is 0.393 e. The van der Waals surface area contributed by atoms with Gasteiger partial charge < -0.3 is 10.0 Å². The summed E-state index contributed by atoms with van der Waals surface area (Å²) in [5.74, 6) is 0.582. The molecule has 1 N–H and O–H groups in total. The lowest BCUT2D eigenvalue weighted by Crippen LogP contribution is -2.36. The minimum atomic E-state index is 0.00178. The molecular formula is C11H21NO. The van der Waals surface area contributed by atoms with Crippen molar-refractivity contribution in [2.75, 3.05) is 19.6 Å². The van der Waals surface area contributed by atoms with Crippen LogP contribution in [-0.2, 0) is 0 Å². The smallest absolute Gasteiger partial charge is 0.0580 e. The van der Waals surface area contributed by atoms with E-state index in [4.69, 9.17) is 0 Å². The second-order valence-electron chi connectivity index (χ2n) is 4.62. The lowest BCUT2D eigenvalue weighted by atomic mass is 10.0. The Labute approximate surface area is 80.9 Å². The van der Waals surface area contributed by atoms with E-state index in [1.165, 1.54) is 45.2 Å². The number of likely N-dealkylation sites (tertiary alicyclic amines) is 1. The van der Waals surface area contributed by atoms with Gasteiger partial charge in [0.25, 0.3) is 0 Å². The van der Waals surface area contributed by atoms with Crippen LogP contribution < -0.4 is 0 Å². The predicted octanol–water partition coefficient (Wildman–Crippen LogP) is 1.63. The molecule has 2 heteroatoms. The number of hydrogen-bond acceptors (Lipinski definition) is 2. The summed E-state index contributed by atoms with van der Waals surface area (Å²) in [4.78, 5) is 2.54. The Morgan fingerprint density at radius 3 is 2.38 bits per heavy atom. The van der Waals surface area contributed by atoms with Crippen LogP contribution in [0.4, 0.5) is 0 Å². The van der Waals surface area contributed by atoms with Crippen molar-refractivity contribution in [2.45, 2.75) is 44.6 Å². The maximum Gasteiger partial charge on any atom is 0.0580 e. The number of aliphatic hydroxyl groups excluding tert-OH is 1. The highest BCUT2D eigenvalue weighted by Gasteiger charge is 2.27. The van der Waals surface area contributed by atoms with Crippen LogP contribution in [-0.4, -0.2) is 35.7 Å². The van der Waals surface area contributed by atoms with Crippen molar-refractivity contribution >= 4 is 0 Å². The summed E-state index contributed by atoms with van der Waals surface area (Å²) in [7, 11) is 0. The molecule has 2 rings (SSSR count). The highest BCUT2D eigenvalue weighted by molar-refractivity contribution is 4.80. The minimum Gasteiger partial charge on any atom is -0.393 e. The molecule has 2 nitrogen and oxygen atoms in total. The quantitative estimate of drug-likeness (QED) is 0.703. The Kier molecular flexibility index (Phi) is 3.23. The molecule has 2 atom stereocenters. The molecule has 1 saturated heterocycles. The minimum absolute atomic E-state index is 0.00178. The van der Waals surface area contributed by atoms with E-state index in [1.807, 2.05) is 0 Å². The lowest BCUT2D eigenvalue weighted by Gasteiger charge is -2.29. The van der Waals surface area contributed by atoms with E-state index in [2.05, 4.69) is 4.90 Å². The van der Waals surface area contributed by atoms with Crippen molar-refractivity contribution in [3.63, 3.8) is 0 Å². The Morgan fingerprint density at radius 1 is 1.00 bits per heavy atom. The van der Waals surface area contributed by atoms with Crippen molar-refractivity contribution in [2.24, 2.45) is 5.92 Å². The van der Waals surface area contributed by atoms with Crippen LogP contribution in [0.5, 0.6) is 0 Å². The third-order valence-electron chi connectivity index (χ3n) is 3.56. The molecular weight excluding hydrogens is 162 g/mol. The molecule has 0 spiro atoms. The molecule has 2 fully saturated rings. The number of rotatable bonds is 2. The van der Waals surface area contributed by atoms with E-state index in [0.29, 0.717) is 5.92 Å². The van der Waals surface area contributed by atoms with Gasteiger partial charge in [-0.3, -0.25) is 0 Å². The Bertz CT molecular complexity index is 154. The SMILES string of the molecule is O[C@@H]1CCC[C@H]1CN1CCCCC1. The number of piperidine rings is 1. The van der Waals surface area contributed by atoms with Crippen LogP contribution in [0.1, 0.15) is 38.5 Å². The first-order valence-corrected chi connectivity index (χ1v) is 5.76. The molecule has 0 aromatic rings. The van der Waals surface area contributed by atoms with Gasteiger partial charge in [-0.1, -0.05) is 12.8 Å². The predicted molar refractivity (Wildman–Crippen MR) is 53.6 cm³/mol. The van der Waals surface area contributed by atoms with Crippen molar-refractivity contribution in [1.29, 1.82) is 0 Å². The van der Waals surface area contributed by atoms with Crippen molar-refractivity contribution < 1.29 is 5.11 Å². The molecule has 1 aliphatic heterocycles. The monoisotopic (exact) mass is 183 g/mol. The first kappa shape index (κ1) is 9.47. The van der Waals surface area contributed by atoms with Gasteiger partial charge in [0.1, 0.15) is 0 Å². The van der Waals surface area contributed by atoms with Crippen LogP contribution in [0, 0.1) is 5.92 Å². The maximum absolute atomic E-state index is 9.69. The van der Waals surface area contributed by atoms with E-state index in [9.17, 15) is 5.11 Å². The molecule has 1 saturated carbocycles. The molecule has 0 radical (unpaired) electrons. The van der Waals surface area contributed by atoms with Gasteiger partial charge in [0, 0.05) is 6.54 Å². The third kappa shape index (κ3) is 2.44. The fraction of sp³-hybridized carbons (Fsp3) is 1.00. The second-order valence-corrected chi connectivity index (χ2v) is 4.62. The Hall–Kier alpha value is -0.0800. The fourth-order valence-corrected chi connectivity index (χ4v) is 2.70. The summed E-state index contributed by atoms with van der Waals surface area (Å²) in [6.45, 7) is 3.69. The van der Waals surface area contributed by atoms with Crippen LogP contribution >= 0.6 is 0 Å². The fourth-order valence-electron chi connectivity index (χ4n) is 2.70. The summed E-state index contributed by atoms with van der Waals surface area (Å²) < 4.78 is 0. The van der Waals surface area contributed by atoms with E-state index < -0.39 is 0 Å². The van der Waals surface area contributed by atoms with Gasteiger partial charge in [-0.2, -0.15) is 0 Å². The average molecular weight is 183 g/mol. The van der Waals surface area contributed by atoms with E-state index in [0.717, 1.165) is 13.0 Å². The molecule has 0 amide bonds. The molecule has 1 aliphatic carbocycles. The van der Waals surface area contributed by atoms with Crippen LogP contribution in [0.15, 0.2) is 0 Å². The Balaban J connectivity index is 1.75. The zero-order chi connectivity index (χ0) is 9.10. The molecule has 0 aromatic carbocycles. The highest BCUT2D eigenvalue weighted by atomic mass is 16.3. The summed E-state index contributed by atoms with van der Waals surface area (Å²) in [5, 5.41) is 9.69. The first-order valence-electron chi connectivity index (χ1n) is 5.76. The normalized spacial score (nSPS) is 36.7. The molecule has 76 valence electrons. The highest BCUT2D eigenvalue weighted by Crippen LogP contribution is 2.27. The van der Waals surface area contributed by atoms with Gasteiger partial charge in [0.05, 0.1) is 6.10 Å². The molecule has 1 heterocycles. The van der Waals surface area contributed by atoms with Crippen molar-refractivity contribution in [3.05, 3.63) is 0 Å². The maximum atomic E-state index is 9.69. The molecule has 0 aromatic heterocycles. The van der Waals surface area contributed by atoms with Gasteiger partial charge in [-0.05, 0) is 44.7 Å². The van der Waals surface area contributed by atoms with Crippen LogP contribution in [0.2, 0.25) is 0 Å². The van der Waals surface area contributed by atoms with E-state index in [1.54, 1.807) is 0 Å². The van der Waals surface area contributed by atoms with Gasteiger partial charge >= 0.3 is 0 Å². The third-order valence-corrected chi connectivity index (χ3v) is 3.56. The standard InChI is InChI=1S/C11H21NO/c13-11-6-4-5-10(11)9-12-7-2-1-3-8-12/h10-11,13H,1-9H2/t10-,11+/m0/s1. The summed E-state index contributed by atoms with van der Waals surface area (Å²) >= 11 is 0. The lowest BCUT2D eigenvalue weighted by molar-refractivity contribution is 0.0949. The van der Waals surface area contributed by atoms with Crippen molar-refractivity contribution in [3.8, 4) is 0 Å². The van der Waals surface area contributed by atoms with Gasteiger partial charge in [0.2, 0.25) is 0 Å². The number of nitrogens with zero attached hydrogens (tertiary/aromatic N) is 1. The zero-order valence-corrected chi connectivity index (χ0v) is 8.41. The average Bonchev–Trinajstić information content (AvgIpc) is 2.54. The van der Waals surface area contributed by atoms with Crippen LogP contribution in [0.25, 0.3) is 0 Å². The molecule has 2 aliphatic rings. The zero-order valence-electron chi connectivity index (χ0n) is 8.41. The van der Waals surface area contributed by atoms with Gasteiger partial charge in [-0.15, -0.1) is 0 Å². The molecule has 0 unspecified atom stereocenters. The van der Waals surface area contributed by atoms with E-state index >= 15 is 0 Å². The van der Waals surface area contributed by atoms with Crippen LogP contribution in [0.3, 0.4) is 0 Å². The topological polar surface area (TPSA) is 23.5 Å².